The summed E-state index contributed by atoms with van der Waals surface area (Å²) < 4.78 is 18.5. The number of ether oxygens (including phenoxy) is 1. The first-order valence-corrected chi connectivity index (χ1v) is 8.41. The van der Waals surface area contributed by atoms with Gasteiger partial charge in [-0.15, -0.1) is 0 Å². The highest BCUT2D eigenvalue weighted by Gasteiger charge is 2.21. The number of rotatable bonds is 5. The van der Waals surface area contributed by atoms with Crippen LogP contribution in [-0.2, 0) is 20.7 Å². The van der Waals surface area contributed by atoms with Gasteiger partial charge >= 0.3 is 0 Å². The molecule has 1 aromatic rings. The van der Waals surface area contributed by atoms with Crippen LogP contribution in [0.5, 0.6) is 0 Å². The third-order valence-electron chi connectivity index (χ3n) is 4.37. The molecular formula is C19H21FN2O3. The first-order valence-electron chi connectivity index (χ1n) is 8.41. The average molecular weight is 344 g/mol. The molecule has 0 bridgehead atoms. The SMILES string of the molecule is Cc1cc(F)ccc1CC(=O)CC1=NC(N2CCOCC2)=CC(=O)C1. The lowest BCUT2D eigenvalue weighted by molar-refractivity contribution is -0.117. The van der Waals surface area contributed by atoms with E-state index < -0.39 is 0 Å². The van der Waals surface area contributed by atoms with Gasteiger partial charge in [-0.3, -0.25) is 9.59 Å². The standard InChI is InChI=1S/C19H21FN2O3/c1-13-8-15(20)3-2-14(13)9-17(23)10-16-11-18(24)12-19(21-16)22-4-6-25-7-5-22/h2-3,8,12H,4-7,9-11H2,1H3. The third-order valence-corrected chi connectivity index (χ3v) is 4.37. The Kier molecular flexibility index (Phi) is 5.38. The second-order valence-corrected chi connectivity index (χ2v) is 6.39. The number of allylic oxidation sites excluding steroid dienone is 1. The Hall–Kier alpha value is -2.34. The highest BCUT2D eigenvalue weighted by molar-refractivity contribution is 6.14. The van der Waals surface area contributed by atoms with Gasteiger partial charge in [0, 0.05) is 44.1 Å². The minimum Gasteiger partial charge on any atom is -0.378 e. The van der Waals surface area contributed by atoms with E-state index in [1.807, 2.05) is 4.90 Å². The zero-order chi connectivity index (χ0) is 17.8. The number of benzene rings is 1. The van der Waals surface area contributed by atoms with Crippen molar-refractivity contribution in [1.82, 2.24) is 4.90 Å². The number of aliphatic imine (C=N–C) groups is 1. The minimum atomic E-state index is -0.309. The maximum Gasteiger partial charge on any atom is 0.164 e. The fourth-order valence-electron chi connectivity index (χ4n) is 3.05. The normalized spacial score (nSPS) is 18.0. The van der Waals surface area contributed by atoms with Crippen LogP contribution in [0.3, 0.4) is 0 Å². The van der Waals surface area contributed by atoms with Gasteiger partial charge in [0.15, 0.2) is 5.78 Å². The molecule has 25 heavy (non-hydrogen) atoms. The van der Waals surface area contributed by atoms with Crippen molar-refractivity contribution < 1.29 is 18.7 Å². The number of morpholine rings is 1. The van der Waals surface area contributed by atoms with Gasteiger partial charge in [0.25, 0.3) is 0 Å². The summed E-state index contributed by atoms with van der Waals surface area (Å²) >= 11 is 0. The van der Waals surface area contributed by atoms with Crippen LogP contribution in [0.25, 0.3) is 0 Å². The number of hydrogen-bond acceptors (Lipinski definition) is 5. The van der Waals surface area contributed by atoms with Crippen LogP contribution in [-0.4, -0.2) is 48.5 Å². The molecule has 0 atom stereocenters. The van der Waals surface area contributed by atoms with E-state index in [2.05, 4.69) is 4.99 Å². The molecule has 2 aliphatic rings. The molecule has 0 spiro atoms. The largest absolute Gasteiger partial charge is 0.378 e. The summed E-state index contributed by atoms with van der Waals surface area (Å²) in [5.74, 6) is 0.262. The summed E-state index contributed by atoms with van der Waals surface area (Å²) in [6, 6.07) is 4.41. The molecule has 1 aromatic carbocycles. The number of Topliss-reactive ketones (excluding diaryl/α,β-unsaturated/α-hetero) is 1. The zero-order valence-corrected chi connectivity index (χ0v) is 14.3. The van der Waals surface area contributed by atoms with Gasteiger partial charge < -0.3 is 9.64 Å². The lowest BCUT2D eigenvalue weighted by Crippen LogP contribution is -2.36. The van der Waals surface area contributed by atoms with Crippen LogP contribution in [0.4, 0.5) is 4.39 Å². The zero-order valence-electron chi connectivity index (χ0n) is 14.3. The van der Waals surface area contributed by atoms with Crippen LogP contribution >= 0.6 is 0 Å². The highest BCUT2D eigenvalue weighted by atomic mass is 19.1. The van der Waals surface area contributed by atoms with Crippen LogP contribution in [0.15, 0.2) is 35.1 Å². The number of aryl methyl sites for hydroxylation is 1. The molecule has 0 aliphatic carbocycles. The van der Waals surface area contributed by atoms with E-state index in [0.29, 0.717) is 37.8 Å². The van der Waals surface area contributed by atoms with Crippen molar-refractivity contribution in [2.45, 2.75) is 26.2 Å². The Morgan fingerprint density at radius 2 is 2.04 bits per heavy atom. The van der Waals surface area contributed by atoms with E-state index in [9.17, 15) is 14.0 Å². The van der Waals surface area contributed by atoms with Crippen molar-refractivity contribution in [2.24, 2.45) is 4.99 Å². The van der Waals surface area contributed by atoms with Gasteiger partial charge in [0.1, 0.15) is 17.4 Å². The second-order valence-electron chi connectivity index (χ2n) is 6.39. The van der Waals surface area contributed by atoms with Crippen molar-refractivity contribution in [2.75, 3.05) is 26.3 Å². The Morgan fingerprint density at radius 1 is 1.28 bits per heavy atom. The van der Waals surface area contributed by atoms with E-state index in [1.165, 1.54) is 12.1 Å². The van der Waals surface area contributed by atoms with Gasteiger partial charge in [0.2, 0.25) is 0 Å². The molecule has 2 aliphatic heterocycles. The summed E-state index contributed by atoms with van der Waals surface area (Å²) in [6.45, 7) is 4.39. The number of halogens is 1. The van der Waals surface area contributed by atoms with Gasteiger partial charge in [-0.25, -0.2) is 9.38 Å². The minimum absolute atomic E-state index is 0.0236. The predicted octanol–water partition coefficient (Wildman–Crippen LogP) is 2.22. The lowest BCUT2D eigenvalue weighted by Gasteiger charge is -2.30. The quantitative estimate of drug-likeness (QED) is 0.822. The van der Waals surface area contributed by atoms with Crippen molar-refractivity contribution in [3.05, 3.63) is 47.0 Å². The molecule has 0 unspecified atom stereocenters. The molecule has 0 aromatic heterocycles. The van der Waals surface area contributed by atoms with Gasteiger partial charge in [-0.1, -0.05) is 6.07 Å². The second kappa shape index (κ2) is 7.70. The van der Waals surface area contributed by atoms with Crippen LogP contribution in [0.1, 0.15) is 24.0 Å². The molecule has 0 saturated carbocycles. The van der Waals surface area contributed by atoms with Gasteiger partial charge in [0.05, 0.1) is 13.2 Å². The molecular weight excluding hydrogens is 323 g/mol. The third kappa shape index (κ3) is 4.60. The van der Waals surface area contributed by atoms with Crippen LogP contribution < -0.4 is 0 Å². The highest BCUT2D eigenvalue weighted by Crippen LogP contribution is 2.18. The van der Waals surface area contributed by atoms with E-state index in [-0.39, 0.29) is 36.6 Å². The van der Waals surface area contributed by atoms with Crippen molar-refractivity contribution in [1.29, 1.82) is 0 Å². The number of carbonyl (C=O) groups excluding carboxylic acids is 2. The summed E-state index contributed by atoms with van der Waals surface area (Å²) in [4.78, 5) is 30.9. The average Bonchev–Trinajstić information content (AvgIpc) is 2.58. The molecule has 1 fully saturated rings. The molecule has 0 amide bonds. The first-order chi connectivity index (χ1) is 12.0. The number of hydrogen-bond donors (Lipinski definition) is 0. The Balaban J connectivity index is 1.66. The molecule has 6 heteroatoms. The topological polar surface area (TPSA) is 59.0 Å². The predicted molar refractivity (Wildman–Crippen MR) is 92.0 cm³/mol. The lowest BCUT2D eigenvalue weighted by atomic mass is 9.98. The molecule has 132 valence electrons. The molecule has 2 heterocycles. The van der Waals surface area contributed by atoms with Crippen molar-refractivity contribution in [3.8, 4) is 0 Å². The van der Waals surface area contributed by atoms with Gasteiger partial charge in [-0.2, -0.15) is 0 Å². The fraction of sp³-hybridized carbons (Fsp3) is 0.421. The van der Waals surface area contributed by atoms with E-state index in [0.717, 1.165) is 11.1 Å². The van der Waals surface area contributed by atoms with E-state index >= 15 is 0 Å². The molecule has 1 saturated heterocycles. The maximum absolute atomic E-state index is 13.2. The number of carbonyl (C=O) groups is 2. The van der Waals surface area contributed by atoms with Gasteiger partial charge in [-0.05, 0) is 30.2 Å². The maximum atomic E-state index is 13.2. The number of nitrogens with zero attached hydrogens (tertiary/aromatic N) is 2. The Bertz CT molecular complexity index is 749. The fourth-order valence-corrected chi connectivity index (χ4v) is 3.05. The van der Waals surface area contributed by atoms with Crippen molar-refractivity contribution >= 4 is 17.3 Å². The summed E-state index contributed by atoms with van der Waals surface area (Å²) in [6.07, 6.45) is 2.09. The molecule has 5 nitrogen and oxygen atoms in total. The summed E-state index contributed by atoms with van der Waals surface area (Å²) in [5, 5.41) is 0. The first kappa shape index (κ1) is 17.5. The smallest absolute Gasteiger partial charge is 0.164 e. The summed E-state index contributed by atoms with van der Waals surface area (Å²) in [5.41, 5.74) is 2.15. The van der Waals surface area contributed by atoms with Crippen LogP contribution in [0, 0.1) is 12.7 Å². The van der Waals surface area contributed by atoms with E-state index in [4.69, 9.17) is 4.74 Å². The van der Waals surface area contributed by atoms with Crippen molar-refractivity contribution in [3.63, 3.8) is 0 Å². The molecule has 0 radical (unpaired) electrons. The van der Waals surface area contributed by atoms with E-state index in [1.54, 1.807) is 19.1 Å². The molecule has 3 rings (SSSR count). The summed E-state index contributed by atoms with van der Waals surface area (Å²) in [7, 11) is 0. The number of ketones is 2. The monoisotopic (exact) mass is 344 g/mol. The van der Waals surface area contributed by atoms with Crippen LogP contribution in [0.2, 0.25) is 0 Å². The Labute approximate surface area is 146 Å². The Morgan fingerprint density at radius 3 is 2.76 bits per heavy atom. The molecule has 0 N–H and O–H groups in total.